The maximum absolute atomic E-state index is 5.53. The van der Waals surface area contributed by atoms with Gasteiger partial charge < -0.3 is 10.1 Å². The van der Waals surface area contributed by atoms with Gasteiger partial charge in [0.15, 0.2) is 0 Å². The molecule has 0 aliphatic carbocycles. The number of unbranched alkanes of at least 4 members (excludes halogenated alkanes) is 1. The van der Waals surface area contributed by atoms with Gasteiger partial charge in [-0.15, -0.1) is 6.42 Å². The molecule has 1 aliphatic heterocycles. The van der Waals surface area contributed by atoms with Gasteiger partial charge in [0.25, 0.3) is 0 Å². The van der Waals surface area contributed by atoms with Gasteiger partial charge >= 0.3 is 0 Å². The number of nitrogens with one attached hydrogen (secondary N) is 1. The van der Waals surface area contributed by atoms with Gasteiger partial charge in [0.2, 0.25) is 0 Å². The second kappa shape index (κ2) is 9.47. The quantitative estimate of drug-likeness (QED) is 0.512. The van der Waals surface area contributed by atoms with Crippen LogP contribution in [0.15, 0.2) is 0 Å². The second-order valence-electron chi connectivity index (χ2n) is 4.67. The van der Waals surface area contributed by atoms with E-state index in [4.69, 9.17) is 11.2 Å². The molecule has 1 heterocycles. The van der Waals surface area contributed by atoms with Gasteiger partial charge in [0, 0.05) is 32.3 Å². The molecule has 0 aromatic heterocycles. The Kier molecular flexibility index (Phi) is 8.08. The molecule has 1 rings (SSSR count). The number of nitrogens with zero attached hydrogens (tertiary/aromatic N) is 1. The van der Waals surface area contributed by atoms with Crippen LogP contribution < -0.4 is 5.32 Å². The Hall–Kier alpha value is -0.560. The van der Waals surface area contributed by atoms with E-state index in [0.717, 1.165) is 39.4 Å². The highest BCUT2D eigenvalue weighted by atomic mass is 16.5. The van der Waals surface area contributed by atoms with Gasteiger partial charge in [-0.2, -0.15) is 0 Å². The third kappa shape index (κ3) is 6.68. The molecule has 0 aromatic rings. The molecule has 0 saturated carbocycles. The summed E-state index contributed by atoms with van der Waals surface area (Å²) in [7, 11) is 0. The molecule has 0 atom stereocenters. The number of likely N-dealkylation sites (tertiary alicyclic amines) is 1. The van der Waals surface area contributed by atoms with E-state index in [2.05, 4.69) is 23.1 Å². The first-order chi connectivity index (χ1) is 8.36. The zero-order valence-corrected chi connectivity index (χ0v) is 11.1. The number of terminal acetylenes is 1. The van der Waals surface area contributed by atoms with Crippen molar-refractivity contribution in [2.75, 3.05) is 39.4 Å². The van der Waals surface area contributed by atoms with Gasteiger partial charge in [-0.3, -0.25) is 4.90 Å². The van der Waals surface area contributed by atoms with Crippen LogP contribution in [0.2, 0.25) is 0 Å². The lowest BCUT2D eigenvalue weighted by Gasteiger charge is -2.31. The zero-order chi connectivity index (χ0) is 12.3. The van der Waals surface area contributed by atoms with Crippen LogP contribution in [0.3, 0.4) is 0 Å². The molecule has 1 saturated heterocycles. The Morgan fingerprint density at radius 3 is 2.76 bits per heavy atom. The molecule has 1 aliphatic rings. The molecule has 0 unspecified atom stereocenters. The molecule has 3 heteroatoms. The number of hydrogen-bond acceptors (Lipinski definition) is 3. The van der Waals surface area contributed by atoms with Crippen molar-refractivity contribution in [2.24, 2.45) is 0 Å². The van der Waals surface area contributed by atoms with Crippen LogP contribution in [-0.4, -0.2) is 50.3 Å². The predicted molar refractivity (Wildman–Crippen MR) is 72.0 cm³/mol. The van der Waals surface area contributed by atoms with E-state index < -0.39 is 0 Å². The molecule has 1 N–H and O–H groups in total. The average Bonchev–Trinajstić information content (AvgIpc) is 2.36. The summed E-state index contributed by atoms with van der Waals surface area (Å²) in [6.45, 7) is 7.95. The summed E-state index contributed by atoms with van der Waals surface area (Å²) in [6, 6.07) is 0.652. The van der Waals surface area contributed by atoms with Crippen LogP contribution >= 0.6 is 0 Å². The summed E-state index contributed by atoms with van der Waals surface area (Å²) in [6.07, 6.45) is 10.1. The van der Waals surface area contributed by atoms with Crippen molar-refractivity contribution in [2.45, 2.75) is 38.6 Å². The fourth-order valence-electron chi connectivity index (χ4n) is 2.11. The van der Waals surface area contributed by atoms with Crippen molar-refractivity contribution in [3.05, 3.63) is 0 Å². The van der Waals surface area contributed by atoms with Gasteiger partial charge in [-0.05, 0) is 19.3 Å². The van der Waals surface area contributed by atoms with Gasteiger partial charge in [0.05, 0.1) is 13.2 Å². The minimum atomic E-state index is 0.652. The number of ether oxygens (including phenoxy) is 1. The molecule has 0 aromatic carbocycles. The highest BCUT2D eigenvalue weighted by Gasteiger charge is 2.17. The Bertz CT molecular complexity index is 217. The first-order valence-electron chi connectivity index (χ1n) is 6.83. The Labute approximate surface area is 106 Å². The topological polar surface area (TPSA) is 24.5 Å². The van der Waals surface area contributed by atoms with Crippen molar-refractivity contribution < 1.29 is 4.74 Å². The lowest BCUT2D eigenvalue weighted by atomic mass is 10.1. The molecular weight excluding hydrogens is 212 g/mol. The van der Waals surface area contributed by atoms with Gasteiger partial charge in [-0.25, -0.2) is 0 Å². The van der Waals surface area contributed by atoms with Crippen LogP contribution in [-0.2, 0) is 4.74 Å². The first kappa shape index (κ1) is 14.5. The van der Waals surface area contributed by atoms with Crippen LogP contribution in [0.5, 0.6) is 0 Å². The van der Waals surface area contributed by atoms with Crippen molar-refractivity contribution in [3.8, 4) is 12.3 Å². The highest BCUT2D eigenvalue weighted by molar-refractivity contribution is 4.90. The van der Waals surface area contributed by atoms with E-state index in [-0.39, 0.29) is 0 Å². The standard InChI is InChI=1S/C14H26N2O/c1-3-5-12-17-13-8-15-14-6-10-16(9-4-2)11-7-14/h2,14-15H,3,5-13H2,1H3. The lowest BCUT2D eigenvalue weighted by Crippen LogP contribution is -2.43. The summed E-state index contributed by atoms with van der Waals surface area (Å²) in [5.74, 6) is 2.71. The summed E-state index contributed by atoms with van der Waals surface area (Å²) in [4.78, 5) is 2.34. The molecule has 98 valence electrons. The predicted octanol–water partition coefficient (Wildman–Crippen LogP) is 1.49. The molecule has 0 radical (unpaired) electrons. The lowest BCUT2D eigenvalue weighted by molar-refractivity contribution is 0.126. The third-order valence-corrected chi connectivity index (χ3v) is 3.22. The monoisotopic (exact) mass is 238 g/mol. The van der Waals surface area contributed by atoms with E-state index in [1.165, 1.54) is 25.7 Å². The molecule has 1 fully saturated rings. The fourth-order valence-corrected chi connectivity index (χ4v) is 2.11. The van der Waals surface area contributed by atoms with Crippen molar-refractivity contribution in [1.29, 1.82) is 0 Å². The summed E-state index contributed by atoms with van der Waals surface area (Å²) >= 11 is 0. The van der Waals surface area contributed by atoms with Crippen molar-refractivity contribution >= 4 is 0 Å². The zero-order valence-electron chi connectivity index (χ0n) is 11.1. The van der Waals surface area contributed by atoms with Crippen molar-refractivity contribution in [1.82, 2.24) is 10.2 Å². The first-order valence-corrected chi connectivity index (χ1v) is 6.83. The maximum Gasteiger partial charge on any atom is 0.0598 e. The summed E-state index contributed by atoms with van der Waals surface area (Å²) in [5.41, 5.74) is 0. The van der Waals surface area contributed by atoms with E-state index in [0.29, 0.717) is 6.04 Å². The molecular formula is C14H26N2O. The van der Waals surface area contributed by atoms with E-state index >= 15 is 0 Å². The van der Waals surface area contributed by atoms with Crippen LogP contribution in [0.25, 0.3) is 0 Å². The minimum Gasteiger partial charge on any atom is -0.380 e. The summed E-state index contributed by atoms with van der Waals surface area (Å²) < 4.78 is 5.53. The van der Waals surface area contributed by atoms with Crippen LogP contribution in [0.1, 0.15) is 32.6 Å². The van der Waals surface area contributed by atoms with Crippen LogP contribution in [0.4, 0.5) is 0 Å². The smallest absolute Gasteiger partial charge is 0.0598 e. The minimum absolute atomic E-state index is 0.652. The van der Waals surface area contributed by atoms with E-state index in [1.54, 1.807) is 0 Å². The highest BCUT2D eigenvalue weighted by Crippen LogP contribution is 2.09. The molecule has 3 nitrogen and oxygen atoms in total. The van der Waals surface area contributed by atoms with E-state index in [1.807, 2.05) is 0 Å². The fraction of sp³-hybridized carbons (Fsp3) is 0.857. The van der Waals surface area contributed by atoms with Crippen LogP contribution in [0, 0.1) is 12.3 Å². The molecule has 0 bridgehead atoms. The Morgan fingerprint density at radius 1 is 1.35 bits per heavy atom. The normalized spacial score (nSPS) is 18.1. The summed E-state index contributed by atoms with van der Waals surface area (Å²) in [5, 5.41) is 3.56. The molecule has 0 spiro atoms. The largest absolute Gasteiger partial charge is 0.380 e. The Balaban J connectivity index is 1.94. The average molecular weight is 238 g/mol. The number of hydrogen-bond donors (Lipinski definition) is 1. The maximum atomic E-state index is 5.53. The van der Waals surface area contributed by atoms with Gasteiger partial charge in [0.1, 0.15) is 0 Å². The van der Waals surface area contributed by atoms with E-state index in [9.17, 15) is 0 Å². The van der Waals surface area contributed by atoms with Gasteiger partial charge in [-0.1, -0.05) is 19.3 Å². The molecule has 0 amide bonds. The molecule has 17 heavy (non-hydrogen) atoms. The SMILES string of the molecule is C#CCN1CCC(NCCOCCCC)CC1. The Morgan fingerprint density at radius 2 is 2.12 bits per heavy atom. The second-order valence-corrected chi connectivity index (χ2v) is 4.67. The number of rotatable bonds is 8. The third-order valence-electron chi connectivity index (χ3n) is 3.22. The van der Waals surface area contributed by atoms with Crippen molar-refractivity contribution in [3.63, 3.8) is 0 Å². The number of piperidine rings is 1.